The van der Waals surface area contributed by atoms with Crippen molar-refractivity contribution in [2.45, 2.75) is 5.16 Å². The summed E-state index contributed by atoms with van der Waals surface area (Å²) >= 11 is 1.35. The second-order valence-corrected chi connectivity index (χ2v) is 5.35. The summed E-state index contributed by atoms with van der Waals surface area (Å²) < 4.78 is 6.55. The van der Waals surface area contributed by atoms with E-state index in [1.54, 1.807) is 36.7 Å². The van der Waals surface area contributed by atoms with Crippen LogP contribution in [0.5, 0.6) is 5.75 Å². The molecule has 0 amide bonds. The molecule has 0 saturated heterocycles. The molecule has 1 aromatic carbocycles. The fourth-order valence-corrected chi connectivity index (χ4v) is 2.59. The number of nitrogens with zero attached hydrogens (tertiary/aromatic N) is 4. The van der Waals surface area contributed by atoms with Crippen molar-refractivity contribution in [3.8, 4) is 17.1 Å². The van der Waals surface area contributed by atoms with Gasteiger partial charge in [-0.2, -0.15) is 4.68 Å². The lowest BCUT2D eigenvalue weighted by atomic mass is 10.2. The van der Waals surface area contributed by atoms with Gasteiger partial charge < -0.3 is 4.74 Å². The second kappa shape index (κ2) is 6.62. The maximum Gasteiger partial charge on any atom is 0.284 e. The van der Waals surface area contributed by atoms with E-state index >= 15 is 0 Å². The van der Waals surface area contributed by atoms with Gasteiger partial charge in [-0.05, 0) is 30.5 Å². The van der Waals surface area contributed by atoms with Gasteiger partial charge in [0.1, 0.15) is 5.75 Å². The summed E-state index contributed by atoms with van der Waals surface area (Å²) in [6.07, 6.45) is 5.19. The van der Waals surface area contributed by atoms with E-state index in [2.05, 4.69) is 15.1 Å². The topological polar surface area (TPSA) is 69.9 Å². The third-order valence-corrected chi connectivity index (χ3v) is 3.84. The molecular weight excluding hydrogens is 312 g/mol. The molecular formula is C16H14N4O2S. The Kier molecular flexibility index (Phi) is 4.38. The van der Waals surface area contributed by atoms with Gasteiger partial charge >= 0.3 is 0 Å². The van der Waals surface area contributed by atoms with Gasteiger partial charge in [-0.25, -0.2) is 4.98 Å². The summed E-state index contributed by atoms with van der Waals surface area (Å²) in [5.74, 6) is 0.683. The Morgan fingerprint density at radius 2 is 2.04 bits per heavy atom. The smallest absolute Gasteiger partial charge is 0.284 e. The molecule has 0 saturated carbocycles. The van der Waals surface area contributed by atoms with Crippen LogP contribution in [0.3, 0.4) is 0 Å². The third kappa shape index (κ3) is 2.95. The van der Waals surface area contributed by atoms with Gasteiger partial charge in [0.15, 0.2) is 11.0 Å². The van der Waals surface area contributed by atoms with E-state index in [0.717, 1.165) is 5.56 Å². The normalized spacial score (nSPS) is 10.5. The zero-order valence-corrected chi connectivity index (χ0v) is 13.4. The number of methoxy groups -OCH3 is 1. The minimum absolute atomic E-state index is 0.283. The van der Waals surface area contributed by atoms with Gasteiger partial charge in [-0.15, -0.1) is 5.10 Å². The molecule has 3 aromatic rings. The van der Waals surface area contributed by atoms with Crippen LogP contribution in [-0.2, 0) is 0 Å². The lowest BCUT2D eigenvalue weighted by molar-refractivity contribution is 0.0930. The van der Waals surface area contributed by atoms with E-state index in [1.165, 1.54) is 23.6 Å². The van der Waals surface area contributed by atoms with Crippen LogP contribution in [0.2, 0.25) is 0 Å². The average molecular weight is 326 g/mol. The molecule has 0 fully saturated rings. The maximum absolute atomic E-state index is 12.8. The quantitative estimate of drug-likeness (QED) is 0.687. The third-order valence-electron chi connectivity index (χ3n) is 3.21. The van der Waals surface area contributed by atoms with Crippen molar-refractivity contribution in [3.05, 3.63) is 54.4 Å². The number of thioether (sulfide) groups is 1. The number of hydrogen-bond donors (Lipinski definition) is 0. The Morgan fingerprint density at radius 1 is 1.22 bits per heavy atom. The highest BCUT2D eigenvalue weighted by Gasteiger charge is 2.20. The Hall–Kier alpha value is -2.67. The Labute approximate surface area is 137 Å². The number of carbonyl (C=O) groups is 1. The van der Waals surface area contributed by atoms with Gasteiger partial charge in [0.2, 0.25) is 0 Å². The van der Waals surface area contributed by atoms with E-state index in [9.17, 15) is 4.79 Å². The lowest BCUT2D eigenvalue weighted by Gasteiger charge is -2.07. The van der Waals surface area contributed by atoms with E-state index in [4.69, 9.17) is 4.74 Å². The minimum Gasteiger partial charge on any atom is -0.496 e. The Balaban J connectivity index is 2.06. The molecule has 23 heavy (non-hydrogen) atoms. The molecule has 2 aromatic heterocycles. The van der Waals surface area contributed by atoms with Crippen molar-refractivity contribution in [2.75, 3.05) is 13.4 Å². The molecule has 6 nitrogen and oxygen atoms in total. The molecule has 0 aliphatic heterocycles. The van der Waals surface area contributed by atoms with Crippen LogP contribution in [0.25, 0.3) is 11.4 Å². The summed E-state index contributed by atoms with van der Waals surface area (Å²) in [6.45, 7) is 0. The van der Waals surface area contributed by atoms with Crippen molar-refractivity contribution < 1.29 is 9.53 Å². The van der Waals surface area contributed by atoms with Crippen LogP contribution in [0, 0.1) is 0 Å². The fraction of sp³-hybridized carbons (Fsp3) is 0.125. The first-order chi connectivity index (χ1) is 11.2. The largest absolute Gasteiger partial charge is 0.496 e. The van der Waals surface area contributed by atoms with Crippen molar-refractivity contribution in [3.63, 3.8) is 0 Å². The number of ether oxygens (including phenoxy) is 1. The number of rotatable bonds is 4. The first-order valence-electron chi connectivity index (χ1n) is 6.83. The van der Waals surface area contributed by atoms with E-state index in [0.29, 0.717) is 22.3 Å². The standard InChI is InChI=1S/C16H14N4O2S/c1-22-13-8-4-3-7-12(13)15(21)20-16(23-2)18-14(19-20)11-6-5-9-17-10-11/h3-10H,1-2H3. The van der Waals surface area contributed by atoms with Crippen molar-refractivity contribution in [1.82, 2.24) is 19.7 Å². The van der Waals surface area contributed by atoms with Crippen LogP contribution < -0.4 is 4.74 Å². The van der Waals surface area contributed by atoms with Gasteiger partial charge in [0.05, 0.1) is 12.7 Å². The lowest BCUT2D eigenvalue weighted by Crippen LogP contribution is -2.15. The van der Waals surface area contributed by atoms with Gasteiger partial charge in [0.25, 0.3) is 5.91 Å². The van der Waals surface area contributed by atoms with Crippen LogP contribution in [0.4, 0.5) is 0 Å². The van der Waals surface area contributed by atoms with Crippen molar-refractivity contribution >= 4 is 17.7 Å². The van der Waals surface area contributed by atoms with Gasteiger partial charge in [-0.3, -0.25) is 9.78 Å². The molecule has 0 radical (unpaired) electrons. The van der Waals surface area contributed by atoms with Crippen LogP contribution in [0.1, 0.15) is 10.4 Å². The number of carbonyl (C=O) groups excluding carboxylic acids is 1. The molecule has 0 unspecified atom stereocenters. The molecule has 2 heterocycles. The highest BCUT2D eigenvalue weighted by Crippen LogP contribution is 2.23. The molecule has 3 rings (SSSR count). The Morgan fingerprint density at radius 3 is 2.74 bits per heavy atom. The monoisotopic (exact) mass is 326 g/mol. The molecule has 7 heteroatoms. The van der Waals surface area contributed by atoms with Crippen molar-refractivity contribution in [2.24, 2.45) is 0 Å². The van der Waals surface area contributed by atoms with Crippen molar-refractivity contribution in [1.29, 1.82) is 0 Å². The minimum atomic E-state index is -0.283. The summed E-state index contributed by atoms with van der Waals surface area (Å²) in [4.78, 5) is 21.3. The SMILES string of the molecule is COc1ccccc1C(=O)n1nc(-c2cccnc2)nc1SC. The predicted octanol–water partition coefficient (Wildman–Crippen LogP) is 2.76. The molecule has 0 spiro atoms. The number of aromatic nitrogens is 4. The van der Waals surface area contributed by atoms with Crippen LogP contribution in [0.15, 0.2) is 53.9 Å². The molecule has 0 bridgehead atoms. The first-order valence-corrected chi connectivity index (χ1v) is 8.06. The Bertz CT molecular complexity index is 833. The molecule has 116 valence electrons. The fourth-order valence-electron chi connectivity index (χ4n) is 2.11. The summed E-state index contributed by atoms with van der Waals surface area (Å²) in [5, 5.41) is 4.86. The zero-order valence-electron chi connectivity index (χ0n) is 12.6. The van der Waals surface area contributed by atoms with Gasteiger partial charge in [0, 0.05) is 18.0 Å². The van der Waals surface area contributed by atoms with E-state index < -0.39 is 0 Å². The molecule has 0 aliphatic carbocycles. The van der Waals surface area contributed by atoms with Gasteiger partial charge in [-0.1, -0.05) is 23.9 Å². The number of para-hydroxylation sites is 1. The highest BCUT2D eigenvalue weighted by molar-refractivity contribution is 7.98. The summed E-state index contributed by atoms with van der Waals surface area (Å²) in [5.41, 5.74) is 1.20. The van der Waals surface area contributed by atoms with E-state index in [1.807, 2.05) is 18.4 Å². The number of pyridine rings is 1. The summed E-state index contributed by atoms with van der Waals surface area (Å²) in [7, 11) is 1.53. The first kappa shape index (κ1) is 15.2. The predicted molar refractivity (Wildman–Crippen MR) is 87.8 cm³/mol. The van der Waals surface area contributed by atoms with E-state index in [-0.39, 0.29) is 5.91 Å². The number of hydrogen-bond acceptors (Lipinski definition) is 6. The summed E-state index contributed by atoms with van der Waals surface area (Å²) in [6, 6.07) is 10.7. The maximum atomic E-state index is 12.8. The highest BCUT2D eigenvalue weighted by atomic mass is 32.2. The molecule has 0 atom stereocenters. The average Bonchev–Trinajstić information content (AvgIpc) is 3.06. The molecule has 0 aliphatic rings. The zero-order chi connectivity index (χ0) is 16.2. The molecule has 0 N–H and O–H groups in total. The number of benzene rings is 1. The van der Waals surface area contributed by atoms with Crippen LogP contribution in [-0.4, -0.2) is 39.0 Å². The van der Waals surface area contributed by atoms with Crippen LogP contribution >= 0.6 is 11.8 Å². The second-order valence-electron chi connectivity index (χ2n) is 4.58.